The van der Waals surface area contributed by atoms with Crippen LogP contribution in [0.2, 0.25) is 0 Å². The molecule has 25 heteroatoms. The molecular weight excluding hydrogens is 961 g/mol. The molecule has 0 aromatic heterocycles. The second-order valence-electron chi connectivity index (χ2n) is 19.7. The highest BCUT2D eigenvalue weighted by Crippen LogP contribution is 2.23. The average molecular weight is 1030 g/mol. The molecule has 0 radical (unpaired) electrons. The molecule has 11 N–H and O–H groups in total. The number of amides is 8. The number of likely N-dealkylation sites (tertiary alicyclic amines) is 1. The number of carbonyl (C=O) groups is 12. The van der Waals surface area contributed by atoms with Crippen LogP contribution in [0.3, 0.4) is 0 Å². The van der Waals surface area contributed by atoms with Crippen LogP contribution in [0.15, 0.2) is 24.3 Å². The number of hydrogen-bond donors (Lipinski definition) is 9. The summed E-state index contributed by atoms with van der Waals surface area (Å²) < 4.78 is 16.5. The molecule has 1 aliphatic rings. The molecule has 1 saturated heterocycles. The molecule has 7 atom stereocenters. The van der Waals surface area contributed by atoms with Crippen LogP contribution in [0.25, 0.3) is 0 Å². The lowest BCUT2D eigenvalue weighted by atomic mass is 9.96. The van der Waals surface area contributed by atoms with Gasteiger partial charge in [0.1, 0.15) is 53.2 Å². The molecule has 0 saturated carbocycles. The van der Waals surface area contributed by atoms with Crippen molar-refractivity contribution in [3.8, 4) is 5.75 Å². The molecule has 0 bridgehead atoms. The molecule has 1 aromatic rings. The molecule has 8 amide bonds. The highest BCUT2D eigenvalue weighted by atomic mass is 16.6. The van der Waals surface area contributed by atoms with Gasteiger partial charge in [-0.25, -0.2) is 9.59 Å². The number of nitrogens with two attached hydrogens (primary N) is 2. The number of carboxylic acids is 2. The Hall–Kier alpha value is -7.34. The standard InChI is InChI=1S/C48H72N8O17/c1-10-25(2)37(44(68)56-23-11-12-33(56)39(50)63)55-42(66)31(19-22-36(61)62)52-41(65)30(18-21-35(59)60)53-43(67)32(54-40(64)29(51-26(3)57)17-20-34(49)58)24-27-13-15-28(16-14-27)71-38(45(69)72-47(4,5)6)46(70)73-48(7,8)9/h13-16,25,29-33,37-38H,10-12,17-24H2,1-9H3,(H2,49,58)(H2,50,63)(H,51,57)(H,52,65)(H,53,67)(H,54,64)(H,55,66)(H,59,60)(H,61,62)/t25-,29-,30-,31-,32-,33-,37-/m0/s1. The van der Waals surface area contributed by atoms with E-state index in [4.69, 9.17) is 25.7 Å². The molecule has 25 nitrogen and oxygen atoms in total. The first-order chi connectivity index (χ1) is 33.8. The second-order valence-corrected chi connectivity index (χ2v) is 19.7. The first-order valence-corrected chi connectivity index (χ1v) is 23.8. The SMILES string of the molecule is CC[C@H](C)[C@H](NC(=O)[C@H](CCC(=O)O)NC(=O)[C@H](CCC(=O)O)NC(=O)[C@H](Cc1ccc(OC(C(=O)OC(C)(C)C)C(=O)OC(C)(C)C)cc1)NC(=O)[C@H](CCC(N)=O)NC(C)=O)C(=O)N1CCC[C@H]1C(N)=O. The number of nitrogens with one attached hydrogen (secondary N) is 5. The maximum atomic E-state index is 14.3. The van der Waals surface area contributed by atoms with Crippen molar-refractivity contribution in [2.24, 2.45) is 17.4 Å². The number of rotatable bonds is 28. The Kier molecular flexibility index (Phi) is 23.7. The van der Waals surface area contributed by atoms with Crippen LogP contribution >= 0.6 is 0 Å². The topological polar surface area (TPSA) is 388 Å². The summed E-state index contributed by atoms with van der Waals surface area (Å²) in [6, 6.07) is -3.24. The molecule has 1 heterocycles. The Morgan fingerprint density at radius 3 is 1.53 bits per heavy atom. The van der Waals surface area contributed by atoms with E-state index in [-0.39, 0.29) is 30.7 Å². The van der Waals surface area contributed by atoms with E-state index >= 15 is 0 Å². The number of benzene rings is 1. The van der Waals surface area contributed by atoms with Crippen molar-refractivity contribution < 1.29 is 82.0 Å². The third kappa shape index (κ3) is 21.9. The predicted molar refractivity (Wildman–Crippen MR) is 257 cm³/mol. The smallest absolute Gasteiger partial charge is 0.359 e. The fourth-order valence-electron chi connectivity index (χ4n) is 7.32. The molecule has 0 aliphatic carbocycles. The summed E-state index contributed by atoms with van der Waals surface area (Å²) >= 11 is 0. The fourth-order valence-corrected chi connectivity index (χ4v) is 7.32. The monoisotopic (exact) mass is 1030 g/mol. The average Bonchev–Trinajstić information content (AvgIpc) is 3.78. The van der Waals surface area contributed by atoms with Crippen LogP contribution in [-0.4, -0.2) is 146 Å². The van der Waals surface area contributed by atoms with Crippen molar-refractivity contribution in [1.29, 1.82) is 0 Å². The van der Waals surface area contributed by atoms with Crippen molar-refractivity contribution in [3.05, 3.63) is 29.8 Å². The quantitative estimate of drug-likeness (QED) is 0.0382. The molecule has 1 aliphatic heterocycles. The Balaban J connectivity index is 2.59. The molecule has 73 heavy (non-hydrogen) atoms. The van der Waals surface area contributed by atoms with Crippen LogP contribution in [0.4, 0.5) is 0 Å². The number of esters is 2. The Bertz CT molecular complexity index is 2160. The zero-order valence-electron chi connectivity index (χ0n) is 42.8. The summed E-state index contributed by atoms with van der Waals surface area (Å²) in [5, 5.41) is 31.4. The van der Waals surface area contributed by atoms with Gasteiger partial charge in [0.2, 0.25) is 47.3 Å². The first-order valence-electron chi connectivity index (χ1n) is 23.8. The van der Waals surface area contributed by atoms with E-state index < -0.39 is 163 Å². The van der Waals surface area contributed by atoms with Gasteiger partial charge in [0, 0.05) is 39.2 Å². The van der Waals surface area contributed by atoms with Crippen LogP contribution < -0.4 is 42.8 Å². The third-order valence-corrected chi connectivity index (χ3v) is 11.1. The lowest BCUT2D eigenvalue weighted by molar-refractivity contribution is -0.179. The fraction of sp³-hybridized carbons (Fsp3) is 0.625. The first kappa shape index (κ1) is 61.8. The lowest BCUT2D eigenvalue weighted by Gasteiger charge is -2.32. The van der Waals surface area contributed by atoms with Crippen LogP contribution in [0.5, 0.6) is 5.75 Å². The lowest BCUT2D eigenvalue weighted by Crippen LogP contribution is -2.60. The third-order valence-electron chi connectivity index (χ3n) is 11.1. The van der Waals surface area contributed by atoms with Gasteiger partial charge in [-0.3, -0.25) is 47.9 Å². The van der Waals surface area contributed by atoms with E-state index in [1.54, 1.807) is 55.4 Å². The Morgan fingerprint density at radius 2 is 1.11 bits per heavy atom. The van der Waals surface area contributed by atoms with Crippen LogP contribution in [0, 0.1) is 5.92 Å². The number of aliphatic carboxylic acids is 2. The van der Waals surface area contributed by atoms with Crippen molar-refractivity contribution in [1.82, 2.24) is 31.5 Å². The number of ether oxygens (including phenoxy) is 3. The van der Waals surface area contributed by atoms with Crippen LogP contribution in [-0.2, 0) is 73.4 Å². The summed E-state index contributed by atoms with van der Waals surface area (Å²) in [5.41, 5.74) is 9.09. The van der Waals surface area contributed by atoms with Gasteiger partial charge >= 0.3 is 23.9 Å². The molecule has 0 unspecified atom stereocenters. The minimum absolute atomic E-state index is 0.0367. The van der Waals surface area contributed by atoms with E-state index in [2.05, 4.69) is 26.6 Å². The number of hydrogen-bond acceptors (Lipinski definition) is 15. The molecule has 0 spiro atoms. The van der Waals surface area contributed by atoms with E-state index in [0.717, 1.165) is 6.92 Å². The number of primary amides is 2. The van der Waals surface area contributed by atoms with E-state index in [9.17, 15) is 67.7 Å². The van der Waals surface area contributed by atoms with Gasteiger partial charge in [0.05, 0.1) is 0 Å². The molecule has 406 valence electrons. The number of carbonyl (C=O) groups excluding carboxylic acids is 10. The Labute approximate surface area is 423 Å². The molecule has 2 rings (SSSR count). The summed E-state index contributed by atoms with van der Waals surface area (Å²) in [6.45, 7) is 14.2. The minimum Gasteiger partial charge on any atom is -0.481 e. The van der Waals surface area contributed by atoms with Crippen molar-refractivity contribution in [2.45, 2.75) is 180 Å². The molecule has 1 aromatic carbocycles. The summed E-state index contributed by atoms with van der Waals surface area (Å²) in [5.74, 6) is -12.6. The number of carboxylic acid groups (broad SMARTS) is 2. The predicted octanol–water partition coefficient (Wildman–Crippen LogP) is -0.379. The minimum atomic E-state index is -1.87. The highest BCUT2D eigenvalue weighted by molar-refractivity contribution is 5.99. The van der Waals surface area contributed by atoms with Gasteiger partial charge in [-0.2, -0.15) is 0 Å². The van der Waals surface area contributed by atoms with E-state index in [1.165, 1.54) is 29.2 Å². The van der Waals surface area contributed by atoms with Gasteiger partial charge in [-0.15, -0.1) is 0 Å². The van der Waals surface area contributed by atoms with Gasteiger partial charge in [0.25, 0.3) is 6.10 Å². The zero-order chi connectivity index (χ0) is 55.5. The van der Waals surface area contributed by atoms with Crippen LogP contribution in [0.1, 0.15) is 126 Å². The van der Waals surface area contributed by atoms with Gasteiger partial charge in [0.15, 0.2) is 0 Å². The normalized spacial score (nSPS) is 16.0. The number of nitrogens with zero attached hydrogens (tertiary/aromatic N) is 1. The zero-order valence-corrected chi connectivity index (χ0v) is 42.8. The van der Waals surface area contributed by atoms with Gasteiger partial charge in [-0.1, -0.05) is 32.4 Å². The molecular formula is C48H72N8O17. The molecule has 1 fully saturated rings. The van der Waals surface area contributed by atoms with Gasteiger partial charge < -0.3 is 67.4 Å². The van der Waals surface area contributed by atoms with Crippen molar-refractivity contribution in [3.63, 3.8) is 0 Å². The Morgan fingerprint density at radius 1 is 0.671 bits per heavy atom. The maximum absolute atomic E-state index is 14.3. The maximum Gasteiger partial charge on any atom is 0.359 e. The largest absolute Gasteiger partial charge is 0.481 e. The summed E-state index contributed by atoms with van der Waals surface area (Å²) in [4.78, 5) is 157. The van der Waals surface area contributed by atoms with E-state index in [1.807, 2.05) is 0 Å². The highest BCUT2D eigenvalue weighted by Gasteiger charge is 2.41. The summed E-state index contributed by atoms with van der Waals surface area (Å²) in [6.07, 6.45) is -4.34. The van der Waals surface area contributed by atoms with Gasteiger partial charge in [-0.05, 0) is 97.3 Å². The van der Waals surface area contributed by atoms with E-state index in [0.29, 0.717) is 19.3 Å². The summed E-state index contributed by atoms with van der Waals surface area (Å²) in [7, 11) is 0. The second kappa shape index (κ2) is 28.0. The van der Waals surface area contributed by atoms with Crippen molar-refractivity contribution in [2.75, 3.05) is 6.54 Å². The van der Waals surface area contributed by atoms with Crippen molar-refractivity contribution >= 4 is 71.1 Å².